The summed E-state index contributed by atoms with van der Waals surface area (Å²) in [6, 6.07) is 15.7. The number of rotatable bonds is 5. The number of alkyl halides is 3. The van der Waals surface area contributed by atoms with Crippen LogP contribution < -0.4 is 4.74 Å². The molecular weight excluding hydrogens is 493 g/mol. The Labute approximate surface area is 206 Å². The van der Waals surface area contributed by atoms with Crippen molar-refractivity contribution in [2.75, 3.05) is 14.1 Å². The lowest BCUT2D eigenvalue weighted by Crippen LogP contribution is -2.22. The summed E-state index contributed by atoms with van der Waals surface area (Å²) in [5.74, 6) is -0.631. The molecule has 6 nitrogen and oxygen atoms in total. The smallest absolute Gasteiger partial charge is 0.418 e. The molecule has 186 valence electrons. The van der Waals surface area contributed by atoms with Gasteiger partial charge in [0.15, 0.2) is 0 Å². The van der Waals surface area contributed by atoms with Gasteiger partial charge in [-0.15, -0.1) is 0 Å². The number of pyridine rings is 1. The molecule has 0 spiro atoms. The number of hydrogen-bond acceptors (Lipinski definition) is 5. The number of carbonyl (C=O) groups is 1. The Kier molecular flexibility index (Phi) is 6.59. The number of aryl methyl sites for hydroxylation is 1. The number of sulfonamides is 1. The molecule has 0 amide bonds. The Morgan fingerprint density at radius 1 is 0.972 bits per heavy atom. The molecule has 4 aromatic rings. The zero-order valence-electron chi connectivity index (χ0n) is 19.5. The van der Waals surface area contributed by atoms with E-state index in [1.807, 2.05) is 0 Å². The first-order valence-corrected chi connectivity index (χ1v) is 12.1. The fourth-order valence-electron chi connectivity index (χ4n) is 3.81. The number of esters is 1. The first-order chi connectivity index (χ1) is 16.9. The van der Waals surface area contributed by atoms with Crippen LogP contribution in [0.15, 0.2) is 77.8 Å². The number of halogens is 3. The van der Waals surface area contributed by atoms with E-state index in [-0.39, 0.29) is 21.7 Å². The molecule has 4 rings (SSSR count). The zero-order chi connectivity index (χ0) is 26.3. The molecule has 1 aromatic heterocycles. The summed E-state index contributed by atoms with van der Waals surface area (Å²) in [5.41, 5.74) is 0.732. The highest BCUT2D eigenvalue weighted by Gasteiger charge is 2.33. The molecule has 0 aliphatic heterocycles. The summed E-state index contributed by atoms with van der Waals surface area (Å²) in [4.78, 5) is 16.7. The van der Waals surface area contributed by atoms with Crippen molar-refractivity contribution in [2.24, 2.45) is 0 Å². The average Bonchev–Trinajstić information content (AvgIpc) is 2.83. The van der Waals surface area contributed by atoms with Crippen molar-refractivity contribution in [3.8, 4) is 16.9 Å². The van der Waals surface area contributed by atoms with E-state index in [4.69, 9.17) is 4.74 Å². The van der Waals surface area contributed by atoms with Gasteiger partial charge in [0, 0.05) is 25.7 Å². The predicted octanol–water partition coefficient (Wildman–Crippen LogP) is 5.70. The molecule has 36 heavy (non-hydrogen) atoms. The number of aromatic nitrogens is 1. The third-order valence-electron chi connectivity index (χ3n) is 5.57. The Morgan fingerprint density at radius 3 is 2.36 bits per heavy atom. The zero-order valence-corrected chi connectivity index (χ0v) is 20.3. The fraction of sp³-hybridized carbons (Fsp3) is 0.154. The van der Waals surface area contributed by atoms with Gasteiger partial charge >= 0.3 is 12.1 Å². The largest absolute Gasteiger partial charge is 0.423 e. The van der Waals surface area contributed by atoms with Crippen molar-refractivity contribution in [1.29, 1.82) is 0 Å². The molecule has 0 fully saturated rings. The number of carbonyl (C=O) groups excluding carboxylic acids is 1. The lowest BCUT2D eigenvalue weighted by Gasteiger charge is -2.15. The maximum Gasteiger partial charge on any atom is 0.418 e. The summed E-state index contributed by atoms with van der Waals surface area (Å²) >= 11 is 0. The van der Waals surface area contributed by atoms with Gasteiger partial charge in [-0.3, -0.25) is 4.98 Å². The van der Waals surface area contributed by atoms with Crippen molar-refractivity contribution in [3.63, 3.8) is 0 Å². The van der Waals surface area contributed by atoms with Crippen molar-refractivity contribution >= 4 is 26.9 Å². The highest BCUT2D eigenvalue weighted by molar-refractivity contribution is 7.89. The fourth-order valence-corrected chi connectivity index (χ4v) is 4.76. The summed E-state index contributed by atoms with van der Waals surface area (Å²) in [6.07, 6.45) is -3.19. The van der Waals surface area contributed by atoms with Crippen LogP contribution in [0.1, 0.15) is 21.5 Å². The standard InChI is InChI=1S/C26H21F3N2O4S/c1-16-15-30-24-21(11-6-12-22(24)26(27,28)29)23(16)17-7-4-9-19(13-17)35-25(32)18-8-5-10-20(14-18)36(33,34)31(2)3/h4-15H,1-3H3. The van der Waals surface area contributed by atoms with E-state index in [0.717, 1.165) is 10.4 Å². The average molecular weight is 515 g/mol. The van der Waals surface area contributed by atoms with Crippen LogP contribution >= 0.6 is 0 Å². The maximum atomic E-state index is 13.5. The molecule has 0 aliphatic carbocycles. The lowest BCUT2D eigenvalue weighted by atomic mass is 9.95. The van der Waals surface area contributed by atoms with E-state index >= 15 is 0 Å². The van der Waals surface area contributed by atoms with E-state index in [1.165, 1.54) is 56.7 Å². The number of fused-ring (bicyclic) bond motifs is 1. The summed E-state index contributed by atoms with van der Waals surface area (Å²) < 4.78 is 71.9. The normalized spacial score (nSPS) is 12.2. The molecule has 0 saturated carbocycles. The van der Waals surface area contributed by atoms with Gasteiger partial charge in [-0.25, -0.2) is 17.5 Å². The quantitative estimate of drug-likeness (QED) is 0.252. The highest BCUT2D eigenvalue weighted by Crippen LogP contribution is 2.38. The lowest BCUT2D eigenvalue weighted by molar-refractivity contribution is -0.136. The number of hydrogen-bond donors (Lipinski definition) is 0. The SMILES string of the molecule is Cc1cnc2c(C(F)(F)F)cccc2c1-c1cccc(OC(=O)c2cccc(S(=O)(=O)N(C)C)c2)c1. The second kappa shape index (κ2) is 9.36. The van der Waals surface area contributed by atoms with Crippen LogP contribution in [0.25, 0.3) is 22.0 Å². The van der Waals surface area contributed by atoms with Crippen LogP contribution in [0.2, 0.25) is 0 Å². The minimum absolute atomic E-state index is 0.0312. The van der Waals surface area contributed by atoms with Crippen molar-refractivity contribution in [2.45, 2.75) is 18.0 Å². The van der Waals surface area contributed by atoms with Crippen LogP contribution in [0.5, 0.6) is 5.75 Å². The van der Waals surface area contributed by atoms with E-state index in [2.05, 4.69) is 4.98 Å². The number of para-hydroxylation sites is 1. The van der Waals surface area contributed by atoms with E-state index in [9.17, 15) is 26.4 Å². The minimum Gasteiger partial charge on any atom is -0.423 e. The molecule has 0 N–H and O–H groups in total. The summed E-state index contributed by atoms with van der Waals surface area (Å²) in [5, 5.41) is 0.315. The number of nitrogens with zero attached hydrogens (tertiary/aromatic N) is 2. The number of ether oxygens (including phenoxy) is 1. The molecule has 0 radical (unpaired) electrons. The van der Waals surface area contributed by atoms with E-state index in [0.29, 0.717) is 22.1 Å². The van der Waals surface area contributed by atoms with Gasteiger partial charge in [-0.1, -0.05) is 30.3 Å². The second-order valence-corrected chi connectivity index (χ2v) is 10.4. The summed E-state index contributed by atoms with van der Waals surface area (Å²) in [6.45, 7) is 1.73. The van der Waals surface area contributed by atoms with Gasteiger partial charge in [-0.2, -0.15) is 13.2 Å². The Morgan fingerprint density at radius 2 is 1.67 bits per heavy atom. The van der Waals surface area contributed by atoms with Gasteiger partial charge in [-0.05, 0) is 60.0 Å². The van der Waals surface area contributed by atoms with E-state index < -0.39 is 27.7 Å². The molecule has 0 aliphatic rings. The monoisotopic (exact) mass is 514 g/mol. The van der Waals surface area contributed by atoms with Crippen molar-refractivity contribution in [3.05, 3.63) is 89.6 Å². The van der Waals surface area contributed by atoms with E-state index in [1.54, 1.807) is 31.2 Å². The van der Waals surface area contributed by atoms with Gasteiger partial charge in [0.05, 0.1) is 21.5 Å². The molecule has 3 aromatic carbocycles. The molecule has 1 heterocycles. The van der Waals surface area contributed by atoms with Gasteiger partial charge < -0.3 is 4.74 Å². The molecular formula is C26H21F3N2O4S. The van der Waals surface area contributed by atoms with Gasteiger partial charge in [0.2, 0.25) is 10.0 Å². The van der Waals surface area contributed by atoms with Crippen LogP contribution in [0.3, 0.4) is 0 Å². The highest BCUT2D eigenvalue weighted by atomic mass is 32.2. The van der Waals surface area contributed by atoms with Crippen LogP contribution in [0.4, 0.5) is 13.2 Å². The molecule has 10 heteroatoms. The van der Waals surface area contributed by atoms with Crippen LogP contribution in [-0.4, -0.2) is 37.8 Å². The Bertz CT molecular complexity index is 1580. The topological polar surface area (TPSA) is 76.6 Å². The third-order valence-corrected chi connectivity index (χ3v) is 7.39. The Balaban J connectivity index is 1.72. The first-order valence-electron chi connectivity index (χ1n) is 10.7. The van der Waals surface area contributed by atoms with Crippen LogP contribution in [0, 0.1) is 6.92 Å². The predicted molar refractivity (Wildman–Crippen MR) is 129 cm³/mol. The summed E-state index contributed by atoms with van der Waals surface area (Å²) in [7, 11) is -0.982. The first kappa shape index (κ1) is 25.3. The molecule has 0 unspecified atom stereocenters. The molecule has 0 bridgehead atoms. The molecule has 0 saturated heterocycles. The minimum atomic E-state index is -4.56. The van der Waals surface area contributed by atoms with Crippen molar-refractivity contribution in [1.82, 2.24) is 9.29 Å². The Hall–Kier alpha value is -3.76. The van der Waals surface area contributed by atoms with Gasteiger partial charge in [0.1, 0.15) is 5.75 Å². The maximum absolute atomic E-state index is 13.5. The van der Waals surface area contributed by atoms with Crippen molar-refractivity contribution < 1.29 is 31.1 Å². The number of benzene rings is 3. The third kappa shape index (κ3) is 4.82. The molecule has 0 atom stereocenters. The second-order valence-electron chi connectivity index (χ2n) is 8.25. The van der Waals surface area contributed by atoms with Gasteiger partial charge in [0.25, 0.3) is 0 Å². The van der Waals surface area contributed by atoms with Crippen LogP contribution in [-0.2, 0) is 16.2 Å².